The number of anilines is 1. The number of hydrogen-bond acceptors (Lipinski definition) is 3. The normalized spacial score (nSPS) is 30.1. The molecule has 0 bridgehead atoms. The van der Waals surface area contributed by atoms with E-state index >= 15 is 0 Å². The Bertz CT molecular complexity index is 462. The lowest BCUT2D eigenvalue weighted by atomic mass is 9.71. The molecular weight excluding hydrogens is 248 g/mol. The highest BCUT2D eigenvalue weighted by Crippen LogP contribution is 2.41. The summed E-state index contributed by atoms with van der Waals surface area (Å²) >= 11 is 0. The fraction of sp³-hybridized carbons (Fsp3) is 0.647. The Kier molecular flexibility index (Phi) is 3.99. The van der Waals surface area contributed by atoms with Gasteiger partial charge in [0.15, 0.2) is 0 Å². The topological polar surface area (TPSA) is 35.5 Å². The second-order valence-electron chi connectivity index (χ2n) is 6.40. The van der Waals surface area contributed by atoms with E-state index in [0.717, 1.165) is 32.5 Å². The molecule has 1 saturated carbocycles. The Balaban J connectivity index is 1.79. The van der Waals surface area contributed by atoms with Crippen molar-refractivity contribution >= 4 is 5.69 Å². The molecule has 3 rings (SSSR count). The number of nitrogens with one attached hydrogen (secondary N) is 1. The molecule has 3 heteroatoms. The van der Waals surface area contributed by atoms with Gasteiger partial charge >= 0.3 is 0 Å². The predicted molar refractivity (Wildman–Crippen MR) is 82.9 cm³/mol. The minimum absolute atomic E-state index is 0.382. The van der Waals surface area contributed by atoms with E-state index in [0.29, 0.717) is 5.92 Å². The van der Waals surface area contributed by atoms with Gasteiger partial charge in [0.05, 0.1) is 5.60 Å². The summed E-state index contributed by atoms with van der Waals surface area (Å²) in [5.74, 6) is 0.452. The van der Waals surface area contributed by atoms with Gasteiger partial charge in [-0.1, -0.05) is 31.0 Å². The van der Waals surface area contributed by atoms with E-state index in [2.05, 4.69) is 34.5 Å². The van der Waals surface area contributed by atoms with Gasteiger partial charge in [-0.25, -0.2) is 0 Å². The van der Waals surface area contributed by atoms with Crippen molar-refractivity contribution in [2.45, 2.75) is 44.2 Å². The number of benzene rings is 1. The van der Waals surface area contributed by atoms with E-state index in [4.69, 9.17) is 0 Å². The smallest absolute Gasteiger partial charge is 0.0709 e. The minimum Gasteiger partial charge on any atom is -0.389 e. The number of fused-ring (bicyclic) bond motifs is 1. The average molecular weight is 274 g/mol. The largest absolute Gasteiger partial charge is 0.389 e. The number of hydrogen-bond donors (Lipinski definition) is 2. The van der Waals surface area contributed by atoms with E-state index in [1.165, 1.54) is 30.5 Å². The van der Waals surface area contributed by atoms with Crippen molar-refractivity contribution in [3.63, 3.8) is 0 Å². The third kappa shape index (κ3) is 2.57. The molecule has 1 aromatic carbocycles. The van der Waals surface area contributed by atoms with Crippen molar-refractivity contribution in [1.29, 1.82) is 0 Å². The van der Waals surface area contributed by atoms with Crippen molar-refractivity contribution in [1.82, 2.24) is 5.32 Å². The Labute approximate surface area is 122 Å². The lowest BCUT2D eigenvalue weighted by molar-refractivity contribution is -0.0612. The molecule has 1 aliphatic heterocycles. The number of nitrogens with zero attached hydrogens (tertiary/aromatic N) is 1. The predicted octanol–water partition coefficient (Wildman–Crippen LogP) is 2.54. The molecule has 2 unspecified atom stereocenters. The lowest BCUT2D eigenvalue weighted by Crippen LogP contribution is -2.53. The standard InChI is InChI=1S/C17H26N2O/c1-18-12-14-6-2-3-8-16(14)19-11-10-17(20)9-5-4-7-15(17)13-19/h2-3,6,8,15,18,20H,4-5,7,9-13H2,1H3. The maximum Gasteiger partial charge on any atom is 0.0709 e. The van der Waals surface area contributed by atoms with Crippen molar-refractivity contribution in [3.8, 4) is 0 Å². The summed E-state index contributed by atoms with van der Waals surface area (Å²) in [6.07, 6.45) is 5.58. The van der Waals surface area contributed by atoms with Crippen molar-refractivity contribution in [2.24, 2.45) is 5.92 Å². The lowest BCUT2D eigenvalue weighted by Gasteiger charge is -2.48. The second kappa shape index (κ2) is 5.74. The van der Waals surface area contributed by atoms with Gasteiger partial charge in [-0.05, 0) is 37.9 Å². The van der Waals surface area contributed by atoms with Gasteiger partial charge in [0, 0.05) is 31.2 Å². The van der Waals surface area contributed by atoms with Crippen LogP contribution < -0.4 is 10.2 Å². The van der Waals surface area contributed by atoms with Gasteiger partial charge < -0.3 is 15.3 Å². The van der Waals surface area contributed by atoms with Crippen LogP contribution in [0.25, 0.3) is 0 Å². The summed E-state index contributed by atoms with van der Waals surface area (Å²) in [5, 5.41) is 14.0. The summed E-state index contributed by atoms with van der Waals surface area (Å²) in [5.41, 5.74) is 2.32. The highest BCUT2D eigenvalue weighted by molar-refractivity contribution is 5.54. The van der Waals surface area contributed by atoms with E-state index in [-0.39, 0.29) is 5.60 Å². The molecule has 0 radical (unpaired) electrons. The molecule has 0 amide bonds. The number of rotatable bonds is 3. The van der Waals surface area contributed by atoms with E-state index in [9.17, 15) is 5.11 Å². The molecule has 2 fully saturated rings. The summed E-state index contributed by atoms with van der Waals surface area (Å²) in [4.78, 5) is 2.48. The second-order valence-corrected chi connectivity index (χ2v) is 6.40. The fourth-order valence-electron chi connectivity index (χ4n) is 3.95. The molecule has 2 N–H and O–H groups in total. The first-order valence-corrected chi connectivity index (χ1v) is 7.93. The fourth-order valence-corrected chi connectivity index (χ4v) is 3.95. The quantitative estimate of drug-likeness (QED) is 0.889. The Hall–Kier alpha value is -1.06. The summed E-state index contributed by atoms with van der Waals surface area (Å²) in [7, 11) is 1.99. The molecule has 0 aromatic heterocycles. The maximum atomic E-state index is 10.8. The van der Waals surface area contributed by atoms with Gasteiger partial charge in [0.2, 0.25) is 0 Å². The SMILES string of the molecule is CNCc1ccccc1N1CCC2(O)CCCCC2C1. The van der Waals surface area contributed by atoms with E-state index in [1.54, 1.807) is 0 Å². The molecule has 1 aliphatic carbocycles. The average Bonchev–Trinajstić information content (AvgIpc) is 2.47. The molecule has 20 heavy (non-hydrogen) atoms. The van der Waals surface area contributed by atoms with Crippen molar-refractivity contribution in [2.75, 3.05) is 25.0 Å². The van der Waals surface area contributed by atoms with Crippen molar-refractivity contribution in [3.05, 3.63) is 29.8 Å². The number of piperidine rings is 1. The molecule has 3 nitrogen and oxygen atoms in total. The molecule has 110 valence electrons. The zero-order chi connectivity index (χ0) is 14.0. The molecular formula is C17H26N2O. The number of para-hydroxylation sites is 1. The summed E-state index contributed by atoms with van der Waals surface area (Å²) < 4.78 is 0. The van der Waals surface area contributed by atoms with Crippen LogP contribution in [-0.4, -0.2) is 30.8 Å². The molecule has 2 aliphatic rings. The number of aliphatic hydroxyl groups is 1. The molecule has 2 atom stereocenters. The van der Waals surface area contributed by atoms with Crippen LogP contribution in [0.1, 0.15) is 37.7 Å². The first-order valence-electron chi connectivity index (χ1n) is 7.93. The first-order chi connectivity index (χ1) is 9.73. The highest BCUT2D eigenvalue weighted by Gasteiger charge is 2.42. The zero-order valence-electron chi connectivity index (χ0n) is 12.4. The van der Waals surface area contributed by atoms with Gasteiger partial charge in [0.1, 0.15) is 0 Å². The summed E-state index contributed by atoms with van der Waals surface area (Å²) in [6, 6.07) is 8.65. The van der Waals surface area contributed by atoms with Crippen LogP contribution in [0.4, 0.5) is 5.69 Å². The van der Waals surface area contributed by atoms with Crippen LogP contribution in [0.2, 0.25) is 0 Å². The zero-order valence-corrected chi connectivity index (χ0v) is 12.4. The van der Waals surface area contributed by atoms with Crippen LogP contribution in [0.5, 0.6) is 0 Å². The Morgan fingerprint density at radius 2 is 2.15 bits per heavy atom. The van der Waals surface area contributed by atoms with Gasteiger partial charge in [0.25, 0.3) is 0 Å². The van der Waals surface area contributed by atoms with Crippen molar-refractivity contribution < 1.29 is 5.11 Å². The third-order valence-electron chi connectivity index (χ3n) is 5.13. The molecule has 1 aromatic rings. The first kappa shape index (κ1) is 13.9. The monoisotopic (exact) mass is 274 g/mol. The summed E-state index contributed by atoms with van der Waals surface area (Å²) in [6.45, 7) is 2.90. The van der Waals surface area contributed by atoms with E-state index < -0.39 is 0 Å². The third-order valence-corrected chi connectivity index (χ3v) is 5.13. The minimum atomic E-state index is -0.382. The Morgan fingerprint density at radius 1 is 1.30 bits per heavy atom. The highest BCUT2D eigenvalue weighted by atomic mass is 16.3. The van der Waals surface area contributed by atoms with Crippen LogP contribution in [0, 0.1) is 5.92 Å². The van der Waals surface area contributed by atoms with Gasteiger partial charge in [-0.15, -0.1) is 0 Å². The van der Waals surface area contributed by atoms with Crippen LogP contribution in [-0.2, 0) is 6.54 Å². The van der Waals surface area contributed by atoms with Crippen LogP contribution in [0.15, 0.2) is 24.3 Å². The Morgan fingerprint density at radius 3 is 3.00 bits per heavy atom. The van der Waals surface area contributed by atoms with Gasteiger partial charge in [-0.3, -0.25) is 0 Å². The van der Waals surface area contributed by atoms with Gasteiger partial charge in [-0.2, -0.15) is 0 Å². The molecule has 1 heterocycles. The maximum absolute atomic E-state index is 10.8. The molecule has 0 spiro atoms. The molecule has 1 saturated heterocycles. The van der Waals surface area contributed by atoms with E-state index in [1.807, 2.05) is 7.05 Å². The van der Waals surface area contributed by atoms with Crippen LogP contribution >= 0.6 is 0 Å². The van der Waals surface area contributed by atoms with Crippen LogP contribution in [0.3, 0.4) is 0 Å².